The van der Waals surface area contributed by atoms with Crippen molar-refractivity contribution in [2.45, 2.75) is 12.1 Å². The van der Waals surface area contributed by atoms with Crippen molar-refractivity contribution >= 4 is 11.8 Å². The van der Waals surface area contributed by atoms with Crippen LogP contribution >= 0.6 is 0 Å². The maximum absolute atomic E-state index is 11.6. The first kappa shape index (κ1) is 11.6. The Morgan fingerprint density at radius 3 is 2.65 bits per heavy atom. The maximum Gasteiger partial charge on any atom is 0.249 e. The van der Waals surface area contributed by atoms with Gasteiger partial charge in [-0.2, -0.15) is 0 Å². The topological polar surface area (TPSA) is 72.6 Å². The Morgan fingerprint density at radius 1 is 1.41 bits per heavy atom. The van der Waals surface area contributed by atoms with E-state index in [4.69, 9.17) is 10.5 Å². The van der Waals surface area contributed by atoms with E-state index >= 15 is 0 Å². The van der Waals surface area contributed by atoms with Crippen molar-refractivity contribution in [3.8, 4) is 0 Å². The van der Waals surface area contributed by atoms with Gasteiger partial charge in [-0.15, -0.1) is 0 Å². The van der Waals surface area contributed by atoms with Gasteiger partial charge in [0, 0.05) is 7.05 Å². The van der Waals surface area contributed by atoms with Crippen LogP contribution in [0.15, 0.2) is 30.3 Å². The van der Waals surface area contributed by atoms with Crippen LogP contribution in [0.5, 0.6) is 0 Å². The minimum atomic E-state index is -0.792. The van der Waals surface area contributed by atoms with Crippen LogP contribution in [0.25, 0.3) is 0 Å². The number of benzene rings is 1. The number of amides is 2. The number of nitrogens with two attached hydrogens (primary N) is 1. The monoisotopic (exact) mass is 234 g/mol. The zero-order chi connectivity index (χ0) is 12.4. The number of carbonyl (C=O) groups is 2. The number of ether oxygens (including phenoxy) is 1. The number of primary amides is 1. The van der Waals surface area contributed by atoms with Gasteiger partial charge in [0.05, 0.1) is 6.04 Å². The summed E-state index contributed by atoms with van der Waals surface area (Å²) in [5, 5.41) is 0. The van der Waals surface area contributed by atoms with E-state index in [1.807, 2.05) is 30.3 Å². The number of nitrogens with zero attached hydrogens (tertiary/aromatic N) is 1. The molecule has 1 saturated heterocycles. The second kappa shape index (κ2) is 4.55. The van der Waals surface area contributed by atoms with Gasteiger partial charge >= 0.3 is 0 Å². The molecule has 1 aliphatic rings. The summed E-state index contributed by atoms with van der Waals surface area (Å²) in [6, 6.07) is 8.81. The van der Waals surface area contributed by atoms with Crippen LogP contribution in [-0.4, -0.2) is 36.5 Å². The molecule has 0 spiro atoms. The highest BCUT2D eigenvalue weighted by atomic mass is 16.5. The highest BCUT2D eigenvalue weighted by molar-refractivity contribution is 5.85. The maximum atomic E-state index is 11.6. The molecule has 2 rings (SSSR count). The second-order valence-electron chi connectivity index (χ2n) is 3.99. The Hall–Kier alpha value is -1.88. The fourth-order valence-corrected chi connectivity index (χ4v) is 2.00. The molecule has 1 heterocycles. The van der Waals surface area contributed by atoms with Crippen molar-refractivity contribution in [2.75, 3.05) is 13.7 Å². The van der Waals surface area contributed by atoms with Crippen LogP contribution < -0.4 is 5.73 Å². The molecule has 1 aromatic rings. The van der Waals surface area contributed by atoms with Gasteiger partial charge in [0.25, 0.3) is 0 Å². The molecule has 0 saturated carbocycles. The lowest BCUT2D eigenvalue weighted by Gasteiger charge is -2.37. The van der Waals surface area contributed by atoms with Crippen molar-refractivity contribution in [1.82, 2.24) is 4.90 Å². The molecule has 5 nitrogen and oxygen atoms in total. The summed E-state index contributed by atoms with van der Waals surface area (Å²) in [7, 11) is 1.65. The fraction of sp³-hybridized carbons (Fsp3) is 0.333. The van der Waals surface area contributed by atoms with E-state index in [1.165, 1.54) is 4.90 Å². The predicted molar refractivity (Wildman–Crippen MR) is 60.9 cm³/mol. The molecular weight excluding hydrogens is 220 g/mol. The Labute approximate surface area is 99.2 Å². The minimum absolute atomic E-state index is 0.104. The van der Waals surface area contributed by atoms with E-state index in [0.717, 1.165) is 5.56 Å². The van der Waals surface area contributed by atoms with Gasteiger partial charge in [-0.3, -0.25) is 9.59 Å². The largest absolute Gasteiger partial charge is 0.367 e. The van der Waals surface area contributed by atoms with Gasteiger partial charge in [-0.25, -0.2) is 0 Å². The Balaban J connectivity index is 2.37. The van der Waals surface area contributed by atoms with Crippen molar-refractivity contribution in [3.63, 3.8) is 0 Å². The smallest absolute Gasteiger partial charge is 0.249 e. The molecule has 17 heavy (non-hydrogen) atoms. The third-order valence-electron chi connectivity index (χ3n) is 2.91. The summed E-state index contributed by atoms with van der Waals surface area (Å²) in [5.74, 6) is -0.713. The van der Waals surface area contributed by atoms with Crippen molar-refractivity contribution in [2.24, 2.45) is 5.73 Å². The SMILES string of the molecule is CN1C(=O)CO[C@H](C(N)=O)[C@@H]1c1ccccc1. The van der Waals surface area contributed by atoms with Crippen molar-refractivity contribution in [1.29, 1.82) is 0 Å². The van der Waals surface area contributed by atoms with Gasteiger partial charge in [0.2, 0.25) is 11.8 Å². The van der Waals surface area contributed by atoms with Gasteiger partial charge in [0.15, 0.2) is 6.10 Å². The molecule has 1 fully saturated rings. The first-order valence-electron chi connectivity index (χ1n) is 5.33. The highest BCUT2D eigenvalue weighted by Crippen LogP contribution is 2.28. The van der Waals surface area contributed by atoms with E-state index < -0.39 is 18.1 Å². The molecule has 1 aromatic carbocycles. The third kappa shape index (κ3) is 2.14. The molecule has 0 radical (unpaired) electrons. The highest BCUT2D eigenvalue weighted by Gasteiger charge is 2.38. The van der Waals surface area contributed by atoms with Crippen LogP contribution in [0.1, 0.15) is 11.6 Å². The molecule has 0 aliphatic carbocycles. The minimum Gasteiger partial charge on any atom is -0.367 e. The Morgan fingerprint density at radius 2 is 2.06 bits per heavy atom. The fourth-order valence-electron chi connectivity index (χ4n) is 2.00. The van der Waals surface area contributed by atoms with Gasteiger partial charge < -0.3 is 15.4 Å². The van der Waals surface area contributed by atoms with E-state index in [2.05, 4.69) is 0 Å². The second-order valence-corrected chi connectivity index (χ2v) is 3.99. The quantitative estimate of drug-likeness (QED) is 0.787. The predicted octanol–water partition coefficient (Wildman–Crippen LogP) is 0.0702. The summed E-state index contributed by atoms with van der Waals surface area (Å²) in [5.41, 5.74) is 6.14. The normalized spacial score (nSPS) is 24.8. The summed E-state index contributed by atoms with van der Waals surface area (Å²) in [4.78, 5) is 24.5. The van der Waals surface area contributed by atoms with Crippen molar-refractivity contribution < 1.29 is 14.3 Å². The lowest BCUT2D eigenvalue weighted by molar-refractivity contribution is -0.160. The molecule has 1 aliphatic heterocycles. The van der Waals surface area contributed by atoms with Crippen LogP contribution in [0.4, 0.5) is 0 Å². The molecule has 2 amide bonds. The molecular formula is C12H14N2O3. The number of morpholine rings is 1. The van der Waals surface area contributed by atoms with Crippen LogP contribution in [0, 0.1) is 0 Å². The molecule has 0 aromatic heterocycles. The van der Waals surface area contributed by atoms with E-state index in [-0.39, 0.29) is 12.5 Å². The molecule has 5 heteroatoms. The molecule has 90 valence electrons. The number of carbonyl (C=O) groups excluding carboxylic acids is 2. The number of hydrogen-bond donors (Lipinski definition) is 1. The summed E-state index contributed by atoms with van der Waals surface area (Å²) in [6.45, 7) is -0.104. The van der Waals surface area contributed by atoms with Crippen LogP contribution in [0.3, 0.4) is 0 Å². The lowest BCUT2D eigenvalue weighted by Crippen LogP contribution is -2.51. The summed E-state index contributed by atoms with van der Waals surface area (Å²) < 4.78 is 5.22. The first-order valence-corrected chi connectivity index (χ1v) is 5.33. The Kier molecular flexibility index (Phi) is 3.10. The van der Waals surface area contributed by atoms with Gasteiger partial charge in [-0.05, 0) is 5.56 Å². The van der Waals surface area contributed by atoms with Gasteiger partial charge in [0.1, 0.15) is 6.61 Å². The van der Waals surface area contributed by atoms with E-state index in [9.17, 15) is 9.59 Å². The average Bonchev–Trinajstić information content (AvgIpc) is 2.33. The first-order chi connectivity index (χ1) is 8.11. The summed E-state index contributed by atoms with van der Waals surface area (Å²) >= 11 is 0. The molecule has 0 unspecified atom stereocenters. The number of hydrogen-bond acceptors (Lipinski definition) is 3. The molecule has 0 bridgehead atoms. The van der Waals surface area contributed by atoms with E-state index in [1.54, 1.807) is 7.05 Å². The average molecular weight is 234 g/mol. The number of likely N-dealkylation sites (N-methyl/N-ethyl adjacent to an activating group) is 1. The zero-order valence-electron chi connectivity index (χ0n) is 9.50. The lowest BCUT2D eigenvalue weighted by atomic mass is 9.98. The third-order valence-corrected chi connectivity index (χ3v) is 2.91. The number of rotatable bonds is 2. The summed E-state index contributed by atoms with van der Waals surface area (Å²) in [6.07, 6.45) is -0.792. The van der Waals surface area contributed by atoms with Crippen LogP contribution in [0.2, 0.25) is 0 Å². The van der Waals surface area contributed by atoms with Crippen LogP contribution in [-0.2, 0) is 14.3 Å². The van der Waals surface area contributed by atoms with Crippen molar-refractivity contribution in [3.05, 3.63) is 35.9 Å². The van der Waals surface area contributed by atoms with Gasteiger partial charge in [-0.1, -0.05) is 30.3 Å². The Bertz CT molecular complexity index is 433. The zero-order valence-corrected chi connectivity index (χ0v) is 9.50. The van der Waals surface area contributed by atoms with E-state index in [0.29, 0.717) is 0 Å². The molecule has 2 N–H and O–H groups in total. The standard InChI is InChI=1S/C12H14N2O3/c1-14-9(15)7-17-11(12(13)16)10(14)8-5-3-2-4-6-8/h2-6,10-11H,7H2,1H3,(H2,13,16)/t10-,11-/m0/s1. The molecule has 2 atom stereocenters.